The molecule has 0 aliphatic carbocycles. The Kier molecular flexibility index (Phi) is 4.46. The number of rotatable bonds is 5. The normalized spacial score (nSPS) is 10.3. The highest BCUT2D eigenvalue weighted by molar-refractivity contribution is 7.99. The van der Waals surface area contributed by atoms with Gasteiger partial charge in [0, 0.05) is 12.7 Å². The van der Waals surface area contributed by atoms with E-state index in [4.69, 9.17) is 10.5 Å². The fourth-order valence-electron chi connectivity index (χ4n) is 1.56. The molecule has 0 radical (unpaired) electrons. The molecule has 3 N–H and O–H groups in total. The Morgan fingerprint density at radius 1 is 1.55 bits per heavy atom. The van der Waals surface area contributed by atoms with Crippen LogP contribution in [0.2, 0.25) is 0 Å². The summed E-state index contributed by atoms with van der Waals surface area (Å²) >= 11 is 1.30. The van der Waals surface area contributed by atoms with Gasteiger partial charge in [-0.15, -0.1) is 0 Å². The average molecular weight is 293 g/mol. The van der Waals surface area contributed by atoms with Crippen LogP contribution in [-0.2, 0) is 11.8 Å². The highest BCUT2D eigenvalue weighted by atomic mass is 32.2. The third kappa shape index (κ3) is 3.41. The summed E-state index contributed by atoms with van der Waals surface area (Å²) in [6.07, 6.45) is 1.45. The Bertz CT molecular complexity index is 614. The number of carbonyl (C=O) groups is 1. The van der Waals surface area contributed by atoms with Crippen LogP contribution >= 0.6 is 11.8 Å². The number of hydrogen-bond donors (Lipinski definition) is 2. The van der Waals surface area contributed by atoms with Crippen molar-refractivity contribution in [3.05, 3.63) is 24.5 Å². The highest BCUT2D eigenvalue weighted by Gasteiger charge is 2.10. The summed E-state index contributed by atoms with van der Waals surface area (Å²) in [4.78, 5) is 15.9. The minimum absolute atomic E-state index is 0.165. The fourth-order valence-corrected chi connectivity index (χ4v) is 2.24. The van der Waals surface area contributed by atoms with Gasteiger partial charge < -0.3 is 15.8 Å². The lowest BCUT2D eigenvalue weighted by atomic mass is 10.2. The SMILES string of the molecule is COc1ccc(N)cc1NC(=O)CSc1ncnn1C. The summed E-state index contributed by atoms with van der Waals surface area (Å²) in [5, 5.41) is 7.38. The molecule has 0 spiro atoms. The third-order valence-corrected chi connectivity index (χ3v) is 3.53. The smallest absolute Gasteiger partial charge is 0.234 e. The molecule has 0 saturated heterocycles. The maximum atomic E-state index is 11.9. The van der Waals surface area contributed by atoms with Crippen LogP contribution in [0.3, 0.4) is 0 Å². The van der Waals surface area contributed by atoms with Crippen LogP contribution in [0.25, 0.3) is 0 Å². The van der Waals surface area contributed by atoms with Crippen molar-refractivity contribution in [2.45, 2.75) is 5.16 Å². The van der Waals surface area contributed by atoms with Crippen LogP contribution in [-0.4, -0.2) is 33.5 Å². The predicted octanol–water partition coefficient (Wildman–Crippen LogP) is 1.14. The van der Waals surface area contributed by atoms with Gasteiger partial charge in [0.2, 0.25) is 5.91 Å². The summed E-state index contributed by atoms with van der Waals surface area (Å²) in [7, 11) is 3.31. The number of nitrogens with zero attached hydrogens (tertiary/aromatic N) is 3. The predicted molar refractivity (Wildman–Crippen MR) is 77.8 cm³/mol. The standard InChI is InChI=1S/C12H15N5O2S/c1-17-12(14-7-15-17)20-6-11(18)16-9-5-8(13)3-4-10(9)19-2/h3-5,7H,6,13H2,1-2H3,(H,16,18). The van der Waals surface area contributed by atoms with E-state index in [1.165, 1.54) is 25.2 Å². The Balaban J connectivity index is 1.98. The lowest BCUT2D eigenvalue weighted by molar-refractivity contribution is -0.113. The lowest BCUT2D eigenvalue weighted by Gasteiger charge is -2.10. The molecule has 0 bridgehead atoms. The van der Waals surface area contributed by atoms with E-state index in [9.17, 15) is 4.79 Å². The molecule has 20 heavy (non-hydrogen) atoms. The first-order valence-electron chi connectivity index (χ1n) is 5.80. The van der Waals surface area contributed by atoms with Crippen molar-refractivity contribution in [3.63, 3.8) is 0 Å². The second-order valence-electron chi connectivity index (χ2n) is 3.96. The Labute approximate surface area is 120 Å². The second kappa shape index (κ2) is 6.29. The van der Waals surface area contributed by atoms with Gasteiger partial charge in [-0.2, -0.15) is 5.10 Å². The number of methoxy groups -OCH3 is 1. The number of ether oxygens (including phenoxy) is 1. The van der Waals surface area contributed by atoms with E-state index in [-0.39, 0.29) is 11.7 Å². The zero-order valence-electron chi connectivity index (χ0n) is 11.2. The van der Waals surface area contributed by atoms with Crippen LogP contribution in [0.5, 0.6) is 5.75 Å². The van der Waals surface area contributed by atoms with E-state index in [2.05, 4.69) is 15.4 Å². The lowest BCUT2D eigenvalue weighted by Crippen LogP contribution is -2.15. The summed E-state index contributed by atoms with van der Waals surface area (Å²) < 4.78 is 6.78. The van der Waals surface area contributed by atoms with Crippen LogP contribution in [0.4, 0.5) is 11.4 Å². The number of aromatic nitrogens is 3. The van der Waals surface area contributed by atoms with E-state index in [1.54, 1.807) is 29.9 Å². The largest absolute Gasteiger partial charge is 0.495 e. The summed E-state index contributed by atoms with van der Waals surface area (Å²) in [5.74, 6) is 0.628. The zero-order valence-corrected chi connectivity index (χ0v) is 12.0. The molecule has 0 unspecified atom stereocenters. The van der Waals surface area contributed by atoms with E-state index in [0.29, 0.717) is 22.3 Å². The Morgan fingerprint density at radius 2 is 2.35 bits per heavy atom. The first-order valence-corrected chi connectivity index (χ1v) is 6.79. The first kappa shape index (κ1) is 14.2. The van der Waals surface area contributed by atoms with Crippen molar-refractivity contribution >= 4 is 29.0 Å². The van der Waals surface area contributed by atoms with Crippen LogP contribution in [0.15, 0.2) is 29.7 Å². The van der Waals surface area contributed by atoms with Gasteiger partial charge in [0.1, 0.15) is 12.1 Å². The molecule has 8 heteroatoms. The molecule has 0 saturated carbocycles. The third-order valence-electron chi connectivity index (χ3n) is 2.50. The number of nitrogens with one attached hydrogen (secondary N) is 1. The summed E-state index contributed by atoms with van der Waals surface area (Å²) in [6, 6.07) is 5.08. The number of benzene rings is 1. The molecular formula is C12H15N5O2S. The minimum Gasteiger partial charge on any atom is -0.495 e. The number of carbonyl (C=O) groups excluding carboxylic acids is 1. The van der Waals surface area contributed by atoms with Gasteiger partial charge in [-0.25, -0.2) is 9.67 Å². The molecule has 106 valence electrons. The molecule has 2 rings (SSSR count). The van der Waals surface area contributed by atoms with Crippen LogP contribution in [0.1, 0.15) is 0 Å². The van der Waals surface area contributed by atoms with Crippen LogP contribution in [0, 0.1) is 0 Å². The molecular weight excluding hydrogens is 278 g/mol. The van der Waals surface area contributed by atoms with Crippen molar-refractivity contribution in [3.8, 4) is 5.75 Å². The highest BCUT2D eigenvalue weighted by Crippen LogP contribution is 2.26. The Morgan fingerprint density at radius 3 is 3.00 bits per heavy atom. The number of hydrogen-bond acceptors (Lipinski definition) is 6. The molecule has 7 nitrogen and oxygen atoms in total. The maximum Gasteiger partial charge on any atom is 0.234 e. The Hall–Kier alpha value is -2.22. The number of amides is 1. The summed E-state index contributed by atoms with van der Waals surface area (Å²) in [6.45, 7) is 0. The summed E-state index contributed by atoms with van der Waals surface area (Å²) in [5.41, 5.74) is 6.80. The molecule has 1 heterocycles. The van der Waals surface area contributed by atoms with Gasteiger partial charge in [0.05, 0.1) is 18.6 Å². The maximum absolute atomic E-state index is 11.9. The molecule has 0 fully saturated rings. The van der Waals surface area contributed by atoms with Gasteiger partial charge in [0.15, 0.2) is 5.16 Å². The zero-order chi connectivity index (χ0) is 14.5. The van der Waals surface area contributed by atoms with Crippen molar-refractivity contribution in [1.29, 1.82) is 0 Å². The van der Waals surface area contributed by atoms with E-state index in [0.717, 1.165) is 0 Å². The van der Waals surface area contributed by atoms with Gasteiger partial charge in [-0.05, 0) is 18.2 Å². The van der Waals surface area contributed by atoms with Crippen molar-refractivity contribution in [1.82, 2.24) is 14.8 Å². The van der Waals surface area contributed by atoms with Crippen molar-refractivity contribution < 1.29 is 9.53 Å². The van der Waals surface area contributed by atoms with E-state index >= 15 is 0 Å². The average Bonchev–Trinajstić information content (AvgIpc) is 2.82. The van der Waals surface area contributed by atoms with Gasteiger partial charge >= 0.3 is 0 Å². The van der Waals surface area contributed by atoms with Gasteiger partial charge in [-0.1, -0.05) is 11.8 Å². The van der Waals surface area contributed by atoms with E-state index in [1.807, 2.05) is 0 Å². The molecule has 2 aromatic rings. The topological polar surface area (TPSA) is 95.1 Å². The number of thioether (sulfide) groups is 1. The molecule has 1 amide bonds. The number of nitrogen functional groups attached to an aromatic ring is 1. The fraction of sp³-hybridized carbons (Fsp3) is 0.250. The number of nitrogens with two attached hydrogens (primary N) is 1. The second-order valence-corrected chi connectivity index (χ2v) is 4.91. The monoisotopic (exact) mass is 293 g/mol. The van der Waals surface area contributed by atoms with Crippen molar-refractivity contribution in [2.24, 2.45) is 7.05 Å². The van der Waals surface area contributed by atoms with E-state index < -0.39 is 0 Å². The number of anilines is 2. The first-order chi connectivity index (χ1) is 9.60. The van der Waals surface area contributed by atoms with Gasteiger partial charge in [0.25, 0.3) is 0 Å². The van der Waals surface area contributed by atoms with Crippen molar-refractivity contribution in [2.75, 3.05) is 23.9 Å². The minimum atomic E-state index is -0.165. The molecule has 1 aromatic heterocycles. The molecule has 0 aliphatic heterocycles. The van der Waals surface area contributed by atoms with Gasteiger partial charge in [-0.3, -0.25) is 4.79 Å². The molecule has 1 aromatic carbocycles. The quantitative estimate of drug-likeness (QED) is 0.634. The number of aryl methyl sites for hydroxylation is 1. The molecule has 0 aliphatic rings. The molecule has 0 atom stereocenters. The van der Waals surface area contributed by atoms with Crippen LogP contribution < -0.4 is 15.8 Å².